The second kappa shape index (κ2) is 4.07. The minimum Gasteiger partial charge on any atom is -0.398 e. The molecule has 2 N–H and O–H groups in total. The van der Waals surface area contributed by atoms with Crippen molar-refractivity contribution >= 4 is 36.7 Å². The Hall–Kier alpha value is -1.39. The first kappa shape index (κ1) is 11.7. The van der Waals surface area contributed by atoms with Crippen LogP contribution < -0.4 is 5.73 Å². The van der Waals surface area contributed by atoms with E-state index in [9.17, 15) is 4.79 Å². The van der Waals surface area contributed by atoms with Crippen molar-refractivity contribution in [1.82, 2.24) is 0 Å². The quantitative estimate of drug-likeness (QED) is 0.435. The van der Waals surface area contributed by atoms with Gasteiger partial charge in [0.1, 0.15) is 0 Å². The Morgan fingerprint density at radius 1 is 1.17 bits per heavy atom. The molecule has 1 aliphatic carbocycles. The third kappa shape index (κ3) is 1.56. The van der Waals surface area contributed by atoms with Crippen LogP contribution in [0.2, 0.25) is 0 Å². The van der Waals surface area contributed by atoms with Crippen molar-refractivity contribution in [3.05, 3.63) is 52.6 Å². The summed E-state index contributed by atoms with van der Waals surface area (Å²) in [7, 11) is 0. The molecule has 3 rings (SSSR count). The van der Waals surface area contributed by atoms with Gasteiger partial charge >= 0.3 is 0 Å². The van der Waals surface area contributed by atoms with Crippen LogP contribution in [0.25, 0.3) is 0 Å². The molecule has 4 heteroatoms. The topological polar surface area (TPSA) is 43.1 Å². The maximum atomic E-state index is 12.5. The number of hydrogen-bond acceptors (Lipinski definition) is 4. The van der Waals surface area contributed by atoms with Crippen LogP contribution in [0.1, 0.15) is 27.0 Å². The van der Waals surface area contributed by atoms with E-state index >= 15 is 0 Å². The van der Waals surface area contributed by atoms with E-state index in [0.29, 0.717) is 22.6 Å². The number of carbonyl (C=O) groups excluding carboxylic acids is 1. The van der Waals surface area contributed by atoms with Crippen LogP contribution in [-0.2, 0) is 6.42 Å². The van der Waals surface area contributed by atoms with Crippen LogP contribution in [0.5, 0.6) is 0 Å². The molecule has 0 fully saturated rings. The maximum absolute atomic E-state index is 12.5. The van der Waals surface area contributed by atoms with Gasteiger partial charge in [0, 0.05) is 33.0 Å². The van der Waals surface area contributed by atoms with Crippen molar-refractivity contribution < 1.29 is 4.79 Å². The summed E-state index contributed by atoms with van der Waals surface area (Å²) in [4.78, 5) is 13.8. The van der Waals surface area contributed by atoms with E-state index in [1.54, 1.807) is 6.07 Å². The summed E-state index contributed by atoms with van der Waals surface area (Å²) >= 11 is 8.79. The first-order valence-corrected chi connectivity index (χ1v) is 6.45. The van der Waals surface area contributed by atoms with Crippen LogP contribution in [0.4, 0.5) is 5.69 Å². The third-order valence-electron chi connectivity index (χ3n) is 3.27. The highest BCUT2D eigenvalue weighted by Gasteiger charge is 2.27. The second-order valence-corrected chi connectivity index (χ2v) is 5.28. The first-order chi connectivity index (χ1) is 8.59. The number of nitrogen functional groups attached to an aromatic ring is 1. The van der Waals surface area contributed by atoms with Crippen LogP contribution >= 0.6 is 25.3 Å². The fourth-order valence-corrected chi connectivity index (χ4v) is 2.99. The lowest BCUT2D eigenvalue weighted by atomic mass is 9.84. The Morgan fingerprint density at radius 2 is 1.89 bits per heavy atom. The van der Waals surface area contributed by atoms with E-state index in [1.165, 1.54) is 0 Å². The first-order valence-electron chi connectivity index (χ1n) is 5.55. The highest BCUT2D eigenvalue weighted by molar-refractivity contribution is 7.81. The second-order valence-electron chi connectivity index (χ2n) is 4.35. The largest absolute Gasteiger partial charge is 0.398 e. The van der Waals surface area contributed by atoms with Gasteiger partial charge < -0.3 is 5.73 Å². The lowest BCUT2D eigenvalue weighted by Gasteiger charge is -2.22. The number of nitrogens with two attached hydrogens (primary N) is 1. The number of thiol groups is 2. The Kier molecular flexibility index (Phi) is 2.64. The van der Waals surface area contributed by atoms with Gasteiger partial charge in [0.2, 0.25) is 0 Å². The molecule has 0 amide bonds. The number of ketones is 1. The average molecular weight is 273 g/mol. The van der Waals surface area contributed by atoms with E-state index in [0.717, 1.165) is 21.6 Å². The zero-order chi connectivity index (χ0) is 12.9. The normalized spacial score (nSPS) is 13.1. The number of rotatable bonds is 0. The standard InChI is InChI=1S/C14H11NOS2/c15-10-6-11(17)9-5-7-3-1-2-4-8(7)13(16)12(9)14(10)18/h1-4,6,17-18H,5,15H2. The summed E-state index contributed by atoms with van der Waals surface area (Å²) in [5, 5.41) is 0. The predicted molar refractivity (Wildman–Crippen MR) is 78.0 cm³/mol. The lowest BCUT2D eigenvalue weighted by molar-refractivity contribution is 0.103. The predicted octanol–water partition coefficient (Wildman–Crippen LogP) is 2.98. The molecule has 0 aliphatic heterocycles. The van der Waals surface area contributed by atoms with Gasteiger partial charge in [0.15, 0.2) is 5.78 Å². The number of benzene rings is 2. The van der Waals surface area contributed by atoms with Crippen LogP contribution in [0.3, 0.4) is 0 Å². The molecule has 0 saturated carbocycles. The van der Waals surface area contributed by atoms with Crippen molar-refractivity contribution in [2.75, 3.05) is 5.73 Å². The summed E-state index contributed by atoms with van der Waals surface area (Å²) in [6.45, 7) is 0. The average Bonchev–Trinajstić information content (AvgIpc) is 2.36. The van der Waals surface area contributed by atoms with E-state index in [2.05, 4.69) is 25.3 Å². The molecule has 0 spiro atoms. The molecule has 0 bridgehead atoms. The third-order valence-corrected chi connectivity index (χ3v) is 4.15. The molecule has 18 heavy (non-hydrogen) atoms. The molecule has 1 aliphatic rings. The molecule has 0 heterocycles. The fourth-order valence-electron chi connectivity index (χ4n) is 2.36. The van der Waals surface area contributed by atoms with Gasteiger partial charge in [-0.25, -0.2) is 0 Å². The maximum Gasteiger partial charge on any atom is 0.194 e. The Morgan fingerprint density at radius 3 is 2.67 bits per heavy atom. The highest BCUT2D eigenvalue weighted by atomic mass is 32.1. The molecule has 2 aromatic rings. The Bertz CT molecular complexity index is 680. The molecule has 2 nitrogen and oxygen atoms in total. The Balaban J connectivity index is 2.32. The zero-order valence-electron chi connectivity index (χ0n) is 9.47. The van der Waals surface area contributed by atoms with Crippen LogP contribution in [-0.4, -0.2) is 5.78 Å². The molecular formula is C14H11NOS2. The Labute approximate surface area is 116 Å². The molecular weight excluding hydrogens is 262 g/mol. The smallest absolute Gasteiger partial charge is 0.194 e. The number of carbonyl (C=O) groups is 1. The van der Waals surface area contributed by atoms with E-state index in [4.69, 9.17) is 5.73 Å². The van der Waals surface area contributed by atoms with Crippen LogP contribution in [0, 0.1) is 0 Å². The van der Waals surface area contributed by atoms with Gasteiger partial charge in [-0.15, -0.1) is 25.3 Å². The SMILES string of the molecule is Nc1cc(S)c2c(c1S)C(=O)c1ccccc1C2. The van der Waals surface area contributed by atoms with Gasteiger partial charge in [-0.3, -0.25) is 4.79 Å². The lowest BCUT2D eigenvalue weighted by Crippen LogP contribution is -2.17. The molecule has 90 valence electrons. The van der Waals surface area contributed by atoms with E-state index < -0.39 is 0 Å². The molecule has 0 aromatic heterocycles. The monoisotopic (exact) mass is 273 g/mol. The molecule has 0 saturated heterocycles. The summed E-state index contributed by atoms with van der Waals surface area (Å²) in [5.74, 6) is -0.0144. The molecule has 2 aromatic carbocycles. The summed E-state index contributed by atoms with van der Waals surface area (Å²) in [6.07, 6.45) is 0.698. The number of hydrogen-bond donors (Lipinski definition) is 3. The van der Waals surface area contributed by atoms with E-state index in [-0.39, 0.29) is 5.78 Å². The van der Waals surface area contributed by atoms with Gasteiger partial charge in [-0.05, 0) is 17.2 Å². The van der Waals surface area contributed by atoms with Crippen molar-refractivity contribution in [2.24, 2.45) is 0 Å². The van der Waals surface area contributed by atoms with Crippen molar-refractivity contribution in [3.63, 3.8) is 0 Å². The van der Waals surface area contributed by atoms with E-state index in [1.807, 2.05) is 24.3 Å². The zero-order valence-corrected chi connectivity index (χ0v) is 11.3. The van der Waals surface area contributed by atoms with Gasteiger partial charge in [0.05, 0.1) is 0 Å². The highest BCUT2D eigenvalue weighted by Crippen LogP contribution is 2.37. The molecule has 0 unspecified atom stereocenters. The van der Waals surface area contributed by atoms with Crippen molar-refractivity contribution in [3.8, 4) is 0 Å². The minimum absolute atomic E-state index is 0.0144. The molecule has 0 atom stereocenters. The number of anilines is 1. The summed E-state index contributed by atoms with van der Waals surface area (Å²) in [6, 6.07) is 9.38. The summed E-state index contributed by atoms with van der Waals surface area (Å²) in [5.41, 5.74) is 9.63. The van der Waals surface area contributed by atoms with Crippen LogP contribution in [0.15, 0.2) is 40.1 Å². The number of fused-ring (bicyclic) bond motifs is 2. The van der Waals surface area contributed by atoms with Crippen molar-refractivity contribution in [1.29, 1.82) is 0 Å². The van der Waals surface area contributed by atoms with Gasteiger partial charge in [-0.2, -0.15) is 0 Å². The summed E-state index contributed by atoms with van der Waals surface area (Å²) < 4.78 is 0. The van der Waals surface area contributed by atoms with Crippen molar-refractivity contribution in [2.45, 2.75) is 16.2 Å². The molecule has 0 radical (unpaired) electrons. The fraction of sp³-hybridized carbons (Fsp3) is 0.0714. The van der Waals surface area contributed by atoms with Gasteiger partial charge in [-0.1, -0.05) is 24.3 Å². The van der Waals surface area contributed by atoms with Gasteiger partial charge in [0.25, 0.3) is 0 Å². The minimum atomic E-state index is -0.0144.